The van der Waals surface area contributed by atoms with Crippen molar-refractivity contribution in [2.24, 2.45) is 11.7 Å². The van der Waals surface area contributed by atoms with E-state index in [-0.39, 0.29) is 36.7 Å². The molecule has 318 valence electrons. The number of aliphatic hydroxyl groups is 1. The number of carbonyl (C=O) groups is 5. The van der Waals surface area contributed by atoms with Gasteiger partial charge in [-0.1, -0.05) is 0 Å². The molecule has 1 aromatic carbocycles. The summed E-state index contributed by atoms with van der Waals surface area (Å²) in [4.78, 5) is 84.3. The summed E-state index contributed by atoms with van der Waals surface area (Å²) in [6.45, 7) is 7.54. The molecule has 9 rings (SSSR count). The van der Waals surface area contributed by atoms with E-state index in [0.717, 1.165) is 107 Å². The van der Waals surface area contributed by atoms with Crippen LogP contribution >= 0.6 is 0 Å². The smallest absolute Gasteiger partial charge is 0.320 e. The summed E-state index contributed by atoms with van der Waals surface area (Å²) in [7, 11) is 1.84. The van der Waals surface area contributed by atoms with Crippen LogP contribution in [0.5, 0.6) is 0 Å². The summed E-state index contributed by atoms with van der Waals surface area (Å²) in [5.41, 5.74) is 8.37. The second-order valence-corrected chi connectivity index (χ2v) is 17.0. The van der Waals surface area contributed by atoms with Crippen LogP contribution in [0, 0.1) is 5.92 Å². The van der Waals surface area contributed by atoms with Crippen LogP contribution in [0.1, 0.15) is 90.0 Å². The molecule has 6 aliphatic rings. The van der Waals surface area contributed by atoms with Gasteiger partial charge in [0, 0.05) is 84.3 Å². The average Bonchev–Trinajstić information content (AvgIpc) is 3.93. The number of urea groups is 1. The van der Waals surface area contributed by atoms with Gasteiger partial charge in [-0.15, -0.1) is 0 Å². The van der Waals surface area contributed by atoms with Gasteiger partial charge in [-0.25, -0.2) is 14.8 Å². The maximum Gasteiger partial charge on any atom is 0.320 e. The first-order valence-corrected chi connectivity index (χ1v) is 21.2. The molecule has 5 saturated heterocycles. The van der Waals surface area contributed by atoms with Crippen LogP contribution in [0.2, 0.25) is 0 Å². The molecule has 0 spiro atoms. The van der Waals surface area contributed by atoms with Crippen molar-refractivity contribution in [3.8, 4) is 0 Å². The fraction of sp³-hybridized carbons (Fsp3) is 0.561. The van der Waals surface area contributed by atoms with Crippen LogP contribution in [0.3, 0.4) is 0 Å². The van der Waals surface area contributed by atoms with E-state index in [4.69, 9.17) is 15.8 Å². The van der Waals surface area contributed by atoms with Gasteiger partial charge in [0.2, 0.25) is 11.8 Å². The van der Waals surface area contributed by atoms with Gasteiger partial charge in [0.15, 0.2) is 5.82 Å². The second kappa shape index (κ2) is 16.4. The van der Waals surface area contributed by atoms with E-state index in [1.165, 1.54) is 0 Å². The van der Waals surface area contributed by atoms with Crippen LogP contribution in [0.15, 0.2) is 36.8 Å². The third-order valence-electron chi connectivity index (χ3n) is 13.2. The topological polar surface area (TPSA) is 219 Å². The van der Waals surface area contributed by atoms with Gasteiger partial charge in [0.25, 0.3) is 11.8 Å². The Morgan fingerprint density at radius 1 is 0.883 bits per heavy atom. The van der Waals surface area contributed by atoms with Gasteiger partial charge >= 0.3 is 6.03 Å². The van der Waals surface area contributed by atoms with E-state index in [0.29, 0.717) is 35.2 Å². The highest BCUT2D eigenvalue weighted by Crippen LogP contribution is 2.34. The lowest BCUT2D eigenvalue weighted by Gasteiger charge is -2.38. The molecule has 5 N–H and O–H groups in total. The zero-order chi connectivity index (χ0) is 41.7. The Kier molecular flexibility index (Phi) is 10.9. The van der Waals surface area contributed by atoms with Crippen molar-refractivity contribution in [3.05, 3.63) is 53.6 Å². The summed E-state index contributed by atoms with van der Waals surface area (Å²) in [5.74, 6) is -0.399. The van der Waals surface area contributed by atoms with E-state index in [1.807, 2.05) is 28.9 Å². The van der Waals surface area contributed by atoms with Gasteiger partial charge in [-0.2, -0.15) is 5.10 Å². The van der Waals surface area contributed by atoms with Gasteiger partial charge in [-0.05, 0) is 69.1 Å². The van der Waals surface area contributed by atoms with E-state index in [9.17, 15) is 29.1 Å². The minimum Gasteiger partial charge on any atom is -0.373 e. The lowest BCUT2D eigenvalue weighted by Crippen LogP contribution is -2.54. The number of likely N-dealkylation sites (N-methyl/N-ethyl adjacent to an activating group) is 1. The fourth-order valence-corrected chi connectivity index (χ4v) is 9.77. The number of hydrogen-bond acceptors (Lipinski definition) is 14. The third-order valence-corrected chi connectivity index (χ3v) is 13.2. The van der Waals surface area contributed by atoms with Gasteiger partial charge < -0.3 is 40.7 Å². The normalized spacial score (nSPS) is 24.1. The molecular formula is C41H53N13O6. The van der Waals surface area contributed by atoms with Crippen molar-refractivity contribution in [3.63, 3.8) is 0 Å². The first-order valence-electron chi connectivity index (χ1n) is 21.2. The summed E-state index contributed by atoms with van der Waals surface area (Å²) in [6, 6.07) is 4.77. The minimum atomic E-state index is -1.32. The van der Waals surface area contributed by atoms with E-state index < -0.39 is 35.9 Å². The zero-order valence-electron chi connectivity index (χ0n) is 33.9. The Balaban J connectivity index is 0.759. The van der Waals surface area contributed by atoms with Gasteiger partial charge in [0.1, 0.15) is 23.8 Å². The highest BCUT2D eigenvalue weighted by atomic mass is 16.3. The number of anilines is 4. The van der Waals surface area contributed by atoms with Crippen LogP contribution in [-0.2, 0) is 9.59 Å². The number of aromatic nitrogens is 4. The number of nitrogens with two attached hydrogens (primary N) is 1. The lowest BCUT2D eigenvalue weighted by molar-refractivity contribution is -0.136. The van der Waals surface area contributed by atoms with Crippen molar-refractivity contribution in [1.29, 1.82) is 0 Å². The highest BCUT2D eigenvalue weighted by Gasteiger charge is 2.45. The standard InChI is InChI=1S/C41H53N13O6/c1-48-17-18-52(41(48)60)29-3-2-12-51(24-29)33-21-43-35(36(42)56)37(46-33)45-26-20-44-53(23-26)27-10-13-49(14-11-27)22-25-8-15-50(16-9-25)28-4-5-30-31(19-28)40(59)54(39(30)58)32-6-7-34(55)47-38(32)57/h4-5,19-21,23,25,27,29,32,36,56H,2-3,6-18,22,24,42H2,1H3,(H,45,46)(H,47,55,57)/t29-,32?,36?/m0/s1. The number of imide groups is 2. The first-order chi connectivity index (χ1) is 29.0. The van der Waals surface area contributed by atoms with Crippen molar-refractivity contribution in [1.82, 2.24) is 44.7 Å². The van der Waals surface area contributed by atoms with Crippen LogP contribution in [0.25, 0.3) is 0 Å². The van der Waals surface area contributed by atoms with E-state index in [1.54, 1.807) is 29.4 Å². The molecule has 5 fully saturated rings. The number of carbonyl (C=O) groups excluding carboxylic acids is 5. The van der Waals surface area contributed by atoms with Crippen LogP contribution < -0.4 is 26.2 Å². The Morgan fingerprint density at radius 2 is 1.67 bits per heavy atom. The molecular weight excluding hydrogens is 771 g/mol. The monoisotopic (exact) mass is 823 g/mol. The molecule has 3 aromatic rings. The van der Waals surface area contributed by atoms with Gasteiger partial charge in [-0.3, -0.25) is 34.1 Å². The predicted molar refractivity (Wildman–Crippen MR) is 219 cm³/mol. The number of likely N-dealkylation sites (tertiary alicyclic amines) is 1. The molecule has 3 atom stereocenters. The predicted octanol–water partition coefficient (Wildman–Crippen LogP) is 1.66. The van der Waals surface area contributed by atoms with Crippen molar-refractivity contribution in [2.75, 3.05) is 81.1 Å². The molecule has 60 heavy (non-hydrogen) atoms. The molecule has 6 aliphatic heterocycles. The molecule has 2 aromatic heterocycles. The maximum absolute atomic E-state index is 13.4. The number of piperidine rings is 4. The highest BCUT2D eigenvalue weighted by molar-refractivity contribution is 6.23. The molecule has 0 aliphatic carbocycles. The SMILES string of the molecule is CN1CCN([C@H]2CCCN(c3cnc(C(N)O)c(Nc4cnn(C5CCN(CC6CCN(c7ccc8c(c7)C(=O)N(C7CCC(=O)NC7=O)C8=O)CC6)CC5)c4)n3)C2)C1=O. The molecule has 0 bridgehead atoms. The molecule has 19 heteroatoms. The number of aliphatic hydroxyl groups excluding tert-OH is 1. The van der Waals surface area contributed by atoms with Crippen molar-refractivity contribution < 1.29 is 29.1 Å². The summed E-state index contributed by atoms with van der Waals surface area (Å²) < 4.78 is 2.01. The Labute approximate surface area is 347 Å². The second-order valence-electron chi connectivity index (χ2n) is 17.0. The number of rotatable bonds is 10. The molecule has 6 amide bonds. The Morgan fingerprint density at radius 3 is 2.40 bits per heavy atom. The fourth-order valence-electron chi connectivity index (χ4n) is 9.77. The largest absolute Gasteiger partial charge is 0.373 e. The Bertz CT molecular complexity index is 2160. The van der Waals surface area contributed by atoms with Crippen molar-refractivity contribution >= 4 is 52.7 Å². The molecule has 8 heterocycles. The number of nitrogens with zero attached hydrogens (tertiary/aromatic N) is 10. The molecule has 2 unspecified atom stereocenters. The van der Waals surface area contributed by atoms with E-state index in [2.05, 4.69) is 30.3 Å². The number of fused-ring (bicyclic) bond motifs is 1. The lowest BCUT2D eigenvalue weighted by atomic mass is 9.94. The number of amides is 6. The minimum absolute atomic E-state index is 0.0654. The van der Waals surface area contributed by atoms with Crippen LogP contribution in [0.4, 0.5) is 27.8 Å². The van der Waals surface area contributed by atoms with Gasteiger partial charge in [0.05, 0.1) is 41.3 Å². The van der Waals surface area contributed by atoms with Crippen molar-refractivity contribution in [2.45, 2.75) is 75.7 Å². The summed E-state index contributed by atoms with van der Waals surface area (Å²) in [6.07, 6.45) is 10.1. The quantitative estimate of drug-likeness (QED) is 0.169. The number of nitrogens with one attached hydrogen (secondary N) is 2. The third kappa shape index (κ3) is 7.76. The number of benzene rings is 1. The molecule has 0 saturated carbocycles. The maximum atomic E-state index is 13.4. The summed E-state index contributed by atoms with van der Waals surface area (Å²) >= 11 is 0. The zero-order valence-corrected chi connectivity index (χ0v) is 33.9. The first kappa shape index (κ1) is 39.8. The number of hydrogen-bond donors (Lipinski definition) is 4. The summed E-state index contributed by atoms with van der Waals surface area (Å²) in [5, 5.41) is 20.6. The molecule has 19 nitrogen and oxygen atoms in total. The average molecular weight is 824 g/mol. The Hall–Kier alpha value is -5.66. The van der Waals surface area contributed by atoms with E-state index >= 15 is 0 Å². The molecule has 0 radical (unpaired) electrons. The van der Waals surface area contributed by atoms with Crippen LogP contribution in [-0.4, -0.2) is 152 Å².